The van der Waals surface area contributed by atoms with Crippen molar-refractivity contribution < 1.29 is 28.7 Å². The molecule has 0 radical (unpaired) electrons. The molecule has 3 rings (SSSR count). The molecule has 0 unspecified atom stereocenters. The Morgan fingerprint density at radius 2 is 1.66 bits per heavy atom. The van der Waals surface area contributed by atoms with E-state index in [1.807, 2.05) is 13.8 Å². The highest BCUT2D eigenvalue weighted by Gasteiger charge is 2.33. The maximum absolute atomic E-state index is 13.7. The van der Waals surface area contributed by atoms with Crippen LogP contribution < -0.4 is 20.7 Å². The molecule has 2 aliphatic rings. The van der Waals surface area contributed by atoms with Crippen LogP contribution in [-0.2, 0) is 19.1 Å². The molecule has 11 nitrogen and oxygen atoms in total. The third kappa shape index (κ3) is 10.00. The van der Waals surface area contributed by atoms with Gasteiger partial charge < -0.3 is 30.3 Å². The average molecular weight is 574 g/mol. The summed E-state index contributed by atoms with van der Waals surface area (Å²) in [6.45, 7) is 11.9. The molecule has 1 saturated heterocycles. The number of benzene rings is 1. The summed E-state index contributed by atoms with van der Waals surface area (Å²) in [6, 6.07) is 4.62. The quantitative estimate of drug-likeness (QED) is 0.429. The topological polar surface area (TPSA) is 129 Å². The fraction of sp³-hybridized carbons (Fsp3) is 0.667. The zero-order valence-electron chi connectivity index (χ0n) is 25.1. The molecule has 0 saturated carbocycles. The minimum Gasteiger partial charge on any atom is -0.491 e. The van der Waals surface area contributed by atoms with Crippen molar-refractivity contribution in [2.45, 2.75) is 65.1 Å². The van der Waals surface area contributed by atoms with Crippen LogP contribution in [0.1, 0.15) is 57.3 Å². The summed E-state index contributed by atoms with van der Waals surface area (Å²) in [6.07, 6.45) is 0.816. The van der Waals surface area contributed by atoms with Gasteiger partial charge in [0.15, 0.2) is 0 Å². The molecular formula is C30H47N5O6. The predicted octanol–water partition coefficient (Wildman–Crippen LogP) is 1.42. The first-order valence-corrected chi connectivity index (χ1v) is 14.7. The van der Waals surface area contributed by atoms with Gasteiger partial charge in [-0.25, -0.2) is 0 Å². The van der Waals surface area contributed by atoms with Crippen molar-refractivity contribution in [3.63, 3.8) is 0 Å². The minimum atomic E-state index is -1.10. The first-order valence-electron chi connectivity index (χ1n) is 14.7. The van der Waals surface area contributed by atoms with Crippen molar-refractivity contribution >= 4 is 23.6 Å². The maximum Gasteiger partial charge on any atom is 0.255 e. The molecule has 0 aliphatic carbocycles. The number of nitrogens with zero attached hydrogens (tertiary/aromatic N) is 2. The second-order valence-electron chi connectivity index (χ2n) is 11.8. The SMILES string of the molecule is COCCN1CCN(C(=O)[C@@H]2CC(=O)N[C@H](CC(C)C)C(=O)N[C@H](CC(C)C)COc3ccccc3C(=O)N2)CC1. The number of carbonyl (C=O) groups excluding carboxylic acids is 4. The number of hydrogen-bond acceptors (Lipinski definition) is 7. The van der Waals surface area contributed by atoms with E-state index in [9.17, 15) is 19.2 Å². The smallest absolute Gasteiger partial charge is 0.255 e. The lowest BCUT2D eigenvalue weighted by Crippen LogP contribution is -2.57. The minimum absolute atomic E-state index is 0.142. The van der Waals surface area contributed by atoms with Crippen LogP contribution in [0.4, 0.5) is 0 Å². The number of nitrogens with one attached hydrogen (secondary N) is 3. The van der Waals surface area contributed by atoms with E-state index in [0.29, 0.717) is 51.4 Å². The zero-order valence-corrected chi connectivity index (χ0v) is 25.1. The van der Waals surface area contributed by atoms with E-state index in [4.69, 9.17) is 9.47 Å². The number of rotatable bonds is 8. The van der Waals surface area contributed by atoms with Crippen LogP contribution in [-0.4, -0.2) is 105 Å². The number of amides is 4. The van der Waals surface area contributed by atoms with Gasteiger partial charge in [0, 0.05) is 39.8 Å². The van der Waals surface area contributed by atoms with Crippen molar-refractivity contribution in [1.82, 2.24) is 25.8 Å². The largest absolute Gasteiger partial charge is 0.491 e. The van der Waals surface area contributed by atoms with Crippen molar-refractivity contribution in [1.29, 1.82) is 0 Å². The standard InChI is InChI=1S/C30H47N5O6/c1-20(2)16-22-19-41-26-9-7-6-8-23(26)28(37)33-25(18-27(36)32-24(17-21(3)4)29(38)31-22)30(39)35-12-10-34(11-13-35)14-15-40-5/h6-9,20-22,24-25H,10-19H2,1-5H3,(H,31,38)(H,32,36)(H,33,37)/t22-,24-,25+/m1/s1. The van der Waals surface area contributed by atoms with Crippen molar-refractivity contribution in [3.8, 4) is 5.75 Å². The summed E-state index contributed by atoms with van der Waals surface area (Å²) in [7, 11) is 1.66. The molecule has 228 valence electrons. The molecular weight excluding hydrogens is 526 g/mol. The molecule has 1 aromatic rings. The highest BCUT2D eigenvalue weighted by molar-refractivity contribution is 6.01. The fourth-order valence-electron chi connectivity index (χ4n) is 5.22. The van der Waals surface area contributed by atoms with Crippen LogP contribution >= 0.6 is 0 Å². The molecule has 11 heteroatoms. The second kappa shape index (κ2) is 15.7. The van der Waals surface area contributed by atoms with Crippen LogP contribution in [0, 0.1) is 11.8 Å². The van der Waals surface area contributed by atoms with Gasteiger partial charge in [-0.1, -0.05) is 39.8 Å². The average Bonchev–Trinajstić information content (AvgIpc) is 2.93. The van der Waals surface area contributed by atoms with Gasteiger partial charge in [0.1, 0.15) is 24.4 Å². The van der Waals surface area contributed by atoms with Gasteiger partial charge in [0.05, 0.1) is 24.6 Å². The molecule has 0 spiro atoms. The lowest BCUT2D eigenvalue weighted by Gasteiger charge is -2.36. The van der Waals surface area contributed by atoms with Gasteiger partial charge >= 0.3 is 0 Å². The molecule has 41 heavy (non-hydrogen) atoms. The summed E-state index contributed by atoms with van der Waals surface area (Å²) >= 11 is 0. The van der Waals surface area contributed by atoms with Crippen LogP contribution in [0.5, 0.6) is 5.75 Å². The normalized spacial score (nSPS) is 23.2. The van der Waals surface area contributed by atoms with Crippen LogP contribution in [0.3, 0.4) is 0 Å². The van der Waals surface area contributed by atoms with Gasteiger partial charge in [0.25, 0.3) is 5.91 Å². The van der Waals surface area contributed by atoms with Crippen molar-refractivity contribution in [3.05, 3.63) is 29.8 Å². The number of para-hydroxylation sites is 1. The lowest BCUT2D eigenvalue weighted by atomic mass is 10.00. The fourth-order valence-corrected chi connectivity index (χ4v) is 5.22. The van der Waals surface area contributed by atoms with Gasteiger partial charge in [-0.15, -0.1) is 0 Å². The number of methoxy groups -OCH3 is 1. The van der Waals surface area contributed by atoms with Crippen LogP contribution in [0.15, 0.2) is 24.3 Å². The Kier molecular flexibility index (Phi) is 12.4. The summed E-state index contributed by atoms with van der Waals surface area (Å²) < 4.78 is 11.2. The molecule has 0 bridgehead atoms. The van der Waals surface area contributed by atoms with Crippen LogP contribution in [0.25, 0.3) is 0 Å². The highest BCUT2D eigenvalue weighted by atomic mass is 16.5. The molecule has 1 aromatic carbocycles. The van der Waals surface area contributed by atoms with Crippen molar-refractivity contribution in [2.75, 3.05) is 53.0 Å². The van der Waals surface area contributed by atoms with E-state index in [1.165, 1.54) is 0 Å². The molecule has 3 atom stereocenters. The Hall–Kier alpha value is -3.18. The second-order valence-corrected chi connectivity index (χ2v) is 11.8. The van der Waals surface area contributed by atoms with E-state index in [2.05, 4.69) is 34.7 Å². The summed E-state index contributed by atoms with van der Waals surface area (Å²) in [5.41, 5.74) is 0.263. The summed E-state index contributed by atoms with van der Waals surface area (Å²) in [4.78, 5) is 57.7. The van der Waals surface area contributed by atoms with Gasteiger partial charge in [0.2, 0.25) is 17.7 Å². The van der Waals surface area contributed by atoms with E-state index < -0.39 is 23.9 Å². The van der Waals surface area contributed by atoms with E-state index in [0.717, 1.165) is 6.54 Å². The Morgan fingerprint density at radius 3 is 2.32 bits per heavy atom. The number of ether oxygens (including phenoxy) is 2. The third-order valence-corrected chi connectivity index (χ3v) is 7.32. The first kappa shape index (κ1) is 32.3. The molecule has 3 N–H and O–H groups in total. The number of piperazine rings is 1. The molecule has 2 aliphatic heterocycles. The predicted molar refractivity (Wildman–Crippen MR) is 155 cm³/mol. The molecule has 4 amide bonds. The number of fused-ring (bicyclic) bond motifs is 1. The highest BCUT2D eigenvalue weighted by Crippen LogP contribution is 2.20. The summed E-state index contributed by atoms with van der Waals surface area (Å²) in [5.74, 6) is -0.795. The number of carbonyl (C=O) groups is 4. The Balaban J connectivity index is 1.88. The third-order valence-electron chi connectivity index (χ3n) is 7.32. The maximum atomic E-state index is 13.7. The van der Waals surface area contributed by atoms with E-state index in [-0.39, 0.29) is 48.3 Å². The van der Waals surface area contributed by atoms with E-state index in [1.54, 1.807) is 36.3 Å². The Labute approximate surface area is 243 Å². The lowest BCUT2D eigenvalue weighted by molar-refractivity contribution is -0.138. The zero-order chi connectivity index (χ0) is 29.9. The Morgan fingerprint density at radius 1 is 0.976 bits per heavy atom. The molecule has 1 fully saturated rings. The van der Waals surface area contributed by atoms with E-state index >= 15 is 0 Å². The molecule has 0 aromatic heterocycles. The van der Waals surface area contributed by atoms with Crippen LogP contribution in [0.2, 0.25) is 0 Å². The number of hydrogen-bond donors (Lipinski definition) is 3. The van der Waals surface area contributed by atoms with Gasteiger partial charge in [-0.3, -0.25) is 24.1 Å². The summed E-state index contributed by atoms with van der Waals surface area (Å²) in [5, 5.41) is 8.70. The van der Waals surface area contributed by atoms with Gasteiger partial charge in [-0.2, -0.15) is 0 Å². The molecule has 2 heterocycles. The van der Waals surface area contributed by atoms with Gasteiger partial charge in [-0.05, 0) is 36.8 Å². The monoisotopic (exact) mass is 573 g/mol. The first-order chi connectivity index (χ1) is 19.6. The van der Waals surface area contributed by atoms with Crippen molar-refractivity contribution in [2.24, 2.45) is 11.8 Å². The Bertz CT molecular complexity index is 1040.